The third-order valence-corrected chi connectivity index (χ3v) is 1.51. The Bertz CT molecular complexity index is 281. The lowest BCUT2D eigenvalue weighted by atomic mass is 10.1. The molecular formula is C9H10O3. The summed E-state index contributed by atoms with van der Waals surface area (Å²) < 4.78 is 0. The van der Waals surface area contributed by atoms with Crippen molar-refractivity contribution in [2.45, 2.75) is 6.42 Å². The van der Waals surface area contributed by atoms with Crippen LogP contribution in [0.2, 0.25) is 0 Å². The molecule has 1 aromatic carbocycles. The van der Waals surface area contributed by atoms with E-state index in [9.17, 15) is 4.79 Å². The first-order valence-electron chi connectivity index (χ1n) is 3.67. The Morgan fingerprint density at radius 3 is 2.75 bits per heavy atom. The summed E-state index contributed by atoms with van der Waals surface area (Å²) in [6.07, 6.45) is 0.101. The molecule has 0 atom stereocenters. The first-order valence-corrected chi connectivity index (χ1v) is 3.67. The Balaban J connectivity index is 2.81. The number of aliphatic hydroxyl groups excluding tert-OH is 1. The standard InChI is InChI=1S/C9H10O3/c10-5-4-9(12)7-2-1-3-8(11)6-7/h1-3,6,10-11H,4-5H2. The van der Waals surface area contributed by atoms with Gasteiger partial charge in [-0.2, -0.15) is 0 Å². The molecular weight excluding hydrogens is 156 g/mol. The molecule has 0 saturated carbocycles. The lowest BCUT2D eigenvalue weighted by molar-refractivity contribution is 0.0956. The van der Waals surface area contributed by atoms with Gasteiger partial charge in [-0.05, 0) is 12.1 Å². The summed E-state index contributed by atoms with van der Waals surface area (Å²) in [5, 5.41) is 17.5. The van der Waals surface area contributed by atoms with Crippen molar-refractivity contribution in [3.63, 3.8) is 0 Å². The number of aromatic hydroxyl groups is 1. The van der Waals surface area contributed by atoms with Gasteiger partial charge in [0.15, 0.2) is 5.78 Å². The summed E-state index contributed by atoms with van der Waals surface area (Å²) in [7, 11) is 0. The molecule has 2 N–H and O–H groups in total. The van der Waals surface area contributed by atoms with Gasteiger partial charge in [0.1, 0.15) is 5.75 Å². The molecule has 0 aliphatic heterocycles. The molecule has 0 radical (unpaired) electrons. The fourth-order valence-corrected chi connectivity index (χ4v) is 0.925. The number of rotatable bonds is 3. The van der Waals surface area contributed by atoms with Gasteiger partial charge in [0.05, 0.1) is 6.61 Å². The van der Waals surface area contributed by atoms with Crippen LogP contribution in [-0.4, -0.2) is 22.6 Å². The number of carbonyl (C=O) groups excluding carboxylic acids is 1. The van der Waals surface area contributed by atoms with Gasteiger partial charge >= 0.3 is 0 Å². The fourth-order valence-electron chi connectivity index (χ4n) is 0.925. The van der Waals surface area contributed by atoms with Crippen LogP contribution in [-0.2, 0) is 0 Å². The third kappa shape index (κ3) is 2.07. The molecule has 0 aliphatic rings. The van der Waals surface area contributed by atoms with E-state index in [1.807, 2.05) is 0 Å². The molecule has 1 aromatic rings. The molecule has 0 fully saturated rings. The molecule has 0 saturated heterocycles. The van der Waals surface area contributed by atoms with Gasteiger partial charge in [0.2, 0.25) is 0 Å². The quantitative estimate of drug-likeness (QED) is 0.657. The highest BCUT2D eigenvalue weighted by Gasteiger charge is 2.04. The second-order valence-electron chi connectivity index (χ2n) is 2.45. The Labute approximate surface area is 70.3 Å². The molecule has 64 valence electrons. The van der Waals surface area contributed by atoms with Gasteiger partial charge in [-0.25, -0.2) is 0 Å². The summed E-state index contributed by atoms with van der Waals surface area (Å²) >= 11 is 0. The van der Waals surface area contributed by atoms with Gasteiger partial charge < -0.3 is 10.2 Å². The molecule has 0 aromatic heterocycles. The molecule has 3 nitrogen and oxygen atoms in total. The molecule has 0 bridgehead atoms. The highest BCUT2D eigenvalue weighted by atomic mass is 16.3. The maximum atomic E-state index is 11.1. The second kappa shape index (κ2) is 3.88. The molecule has 3 heteroatoms. The van der Waals surface area contributed by atoms with Crippen LogP contribution in [0.4, 0.5) is 0 Å². The van der Waals surface area contributed by atoms with Gasteiger partial charge in [-0.1, -0.05) is 12.1 Å². The van der Waals surface area contributed by atoms with Crippen LogP contribution in [0.5, 0.6) is 5.75 Å². The van der Waals surface area contributed by atoms with Crippen molar-refractivity contribution in [2.75, 3.05) is 6.61 Å². The average Bonchev–Trinajstić information content (AvgIpc) is 2.05. The van der Waals surface area contributed by atoms with E-state index < -0.39 is 0 Å². The highest BCUT2D eigenvalue weighted by molar-refractivity contribution is 5.96. The predicted molar refractivity (Wildman–Crippen MR) is 44.1 cm³/mol. The summed E-state index contributed by atoms with van der Waals surface area (Å²) in [5.74, 6) is -0.0906. The van der Waals surface area contributed by atoms with Crippen LogP contribution in [0, 0.1) is 0 Å². The third-order valence-electron chi connectivity index (χ3n) is 1.51. The lowest BCUT2D eigenvalue weighted by Gasteiger charge is -1.98. The molecule has 0 aliphatic carbocycles. The zero-order valence-corrected chi connectivity index (χ0v) is 6.53. The number of phenolic OH excluding ortho intramolecular Hbond substituents is 1. The summed E-state index contributed by atoms with van der Waals surface area (Å²) in [6.45, 7) is -0.158. The van der Waals surface area contributed by atoms with E-state index in [-0.39, 0.29) is 24.6 Å². The fraction of sp³-hybridized carbons (Fsp3) is 0.222. The molecule has 0 spiro atoms. The minimum absolute atomic E-state index is 0.0683. The number of carbonyl (C=O) groups is 1. The zero-order chi connectivity index (χ0) is 8.97. The minimum Gasteiger partial charge on any atom is -0.508 e. The molecule has 0 heterocycles. The van der Waals surface area contributed by atoms with Gasteiger partial charge in [-0.3, -0.25) is 4.79 Å². The van der Waals surface area contributed by atoms with Crippen LogP contribution in [0.3, 0.4) is 0 Å². The van der Waals surface area contributed by atoms with Gasteiger partial charge in [0.25, 0.3) is 0 Å². The Hall–Kier alpha value is -1.35. The van der Waals surface area contributed by atoms with Crippen molar-refractivity contribution in [3.05, 3.63) is 29.8 Å². The zero-order valence-electron chi connectivity index (χ0n) is 6.53. The first-order chi connectivity index (χ1) is 5.74. The Morgan fingerprint density at radius 1 is 1.42 bits per heavy atom. The van der Waals surface area contributed by atoms with E-state index in [1.54, 1.807) is 12.1 Å². The largest absolute Gasteiger partial charge is 0.508 e. The van der Waals surface area contributed by atoms with Crippen molar-refractivity contribution in [2.24, 2.45) is 0 Å². The van der Waals surface area contributed by atoms with Gasteiger partial charge in [-0.15, -0.1) is 0 Å². The molecule has 0 amide bonds. The maximum Gasteiger partial charge on any atom is 0.165 e. The second-order valence-corrected chi connectivity index (χ2v) is 2.45. The molecule has 12 heavy (non-hydrogen) atoms. The monoisotopic (exact) mass is 166 g/mol. The number of hydrogen-bond acceptors (Lipinski definition) is 3. The van der Waals surface area contributed by atoms with Crippen molar-refractivity contribution in [1.82, 2.24) is 0 Å². The topological polar surface area (TPSA) is 57.5 Å². The van der Waals surface area contributed by atoms with E-state index in [1.165, 1.54) is 12.1 Å². The SMILES string of the molecule is O=C(CCO)c1cccc(O)c1. The van der Waals surface area contributed by atoms with E-state index in [4.69, 9.17) is 10.2 Å². The number of ketones is 1. The predicted octanol–water partition coefficient (Wildman–Crippen LogP) is 0.957. The van der Waals surface area contributed by atoms with E-state index in [0.29, 0.717) is 5.56 Å². The van der Waals surface area contributed by atoms with Crippen LogP contribution in [0.1, 0.15) is 16.8 Å². The van der Waals surface area contributed by atoms with Crippen molar-refractivity contribution < 1.29 is 15.0 Å². The van der Waals surface area contributed by atoms with Gasteiger partial charge in [0, 0.05) is 12.0 Å². The Kier molecular flexibility index (Phi) is 2.82. The number of phenols is 1. The van der Waals surface area contributed by atoms with Crippen molar-refractivity contribution in [3.8, 4) is 5.75 Å². The Morgan fingerprint density at radius 2 is 2.17 bits per heavy atom. The van der Waals surface area contributed by atoms with E-state index in [2.05, 4.69) is 0 Å². The smallest absolute Gasteiger partial charge is 0.165 e. The summed E-state index contributed by atoms with van der Waals surface area (Å²) in [6, 6.07) is 6.09. The minimum atomic E-state index is -0.159. The van der Waals surface area contributed by atoms with Crippen LogP contribution in [0.25, 0.3) is 0 Å². The lowest BCUT2D eigenvalue weighted by Crippen LogP contribution is -2.00. The van der Waals surface area contributed by atoms with Crippen molar-refractivity contribution >= 4 is 5.78 Å². The van der Waals surface area contributed by atoms with Crippen LogP contribution < -0.4 is 0 Å². The molecule has 1 rings (SSSR count). The normalized spacial score (nSPS) is 9.75. The summed E-state index contributed by atoms with van der Waals surface area (Å²) in [4.78, 5) is 11.1. The van der Waals surface area contributed by atoms with E-state index >= 15 is 0 Å². The number of benzene rings is 1. The van der Waals surface area contributed by atoms with Crippen LogP contribution >= 0.6 is 0 Å². The number of aliphatic hydroxyl groups is 1. The number of hydrogen-bond donors (Lipinski definition) is 2. The maximum absolute atomic E-state index is 11.1. The van der Waals surface area contributed by atoms with Crippen molar-refractivity contribution in [1.29, 1.82) is 0 Å². The van der Waals surface area contributed by atoms with Crippen LogP contribution in [0.15, 0.2) is 24.3 Å². The average molecular weight is 166 g/mol. The first kappa shape index (κ1) is 8.74. The number of Topliss-reactive ketones (excluding diaryl/α,β-unsaturated/α-hetero) is 1. The highest BCUT2D eigenvalue weighted by Crippen LogP contribution is 2.12. The molecule has 0 unspecified atom stereocenters. The summed E-state index contributed by atoms with van der Waals surface area (Å²) in [5.41, 5.74) is 0.434. The van der Waals surface area contributed by atoms with E-state index in [0.717, 1.165) is 0 Å².